The van der Waals surface area contributed by atoms with Crippen LogP contribution in [0, 0.1) is 0 Å². The van der Waals surface area contributed by atoms with Crippen LogP contribution in [0.1, 0.15) is 12.5 Å². The Morgan fingerprint density at radius 2 is 2.04 bits per heavy atom. The molecule has 0 atom stereocenters. The third-order valence-electron chi connectivity index (χ3n) is 3.84. The number of anilines is 1. The zero-order valence-corrected chi connectivity index (χ0v) is 15.9. The lowest BCUT2D eigenvalue weighted by atomic mass is 10.2. The SMILES string of the molecule is CCOc1ccc(CNC(=O)C=C2Sc3ccccc3NC2=O)cc1OC. The maximum Gasteiger partial charge on any atom is 0.262 e. The molecule has 0 spiro atoms. The lowest BCUT2D eigenvalue weighted by Gasteiger charge is -2.18. The summed E-state index contributed by atoms with van der Waals surface area (Å²) in [6.45, 7) is 2.76. The Labute approximate surface area is 161 Å². The van der Waals surface area contributed by atoms with E-state index in [9.17, 15) is 9.59 Å². The van der Waals surface area contributed by atoms with Gasteiger partial charge in [-0.25, -0.2) is 0 Å². The zero-order chi connectivity index (χ0) is 19.2. The number of carbonyl (C=O) groups is 2. The fourth-order valence-electron chi connectivity index (χ4n) is 2.56. The molecule has 6 nitrogen and oxygen atoms in total. The molecule has 0 aliphatic carbocycles. The van der Waals surface area contributed by atoms with Crippen LogP contribution in [0.4, 0.5) is 5.69 Å². The van der Waals surface area contributed by atoms with Gasteiger partial charge in [-0.05, 0) is 36.8 Å². The van der Waals surface area contributed by atoms with Gasteiger partial charge in [0.1, 0.15) is 0 Å². The Bertz CT molecular complexity index is 895. The number of benzene rings is 2. The number of amides is 2. The molecule has 0 aromatic heterocycles. The summed E-state index contributed by atoms with van der Waals surface area (Å²) in [5.41, 5.74) is 1.62. The summed E-state index contributed by atoms with van der Waals surface area (Å²) in [6, 6.07) is 13.0. The Balaban J connectivity index is 1.64. The predicted octanol–water partition coefficient (Wildman–Crippen LogP) is 3.34. The number of fused-ring (bicyclic) bond motifs is 1. The Morgan fingerprint density at radius 1 is 1.22 bits per heavy atom. The summed E-state index contributed by atoms with van der Waals surface area (Å²) < 4.78 is 10.8. The van der Waals surface area contributed by atoms with Crippen molar-refractivity contribution in [3.05, 3.63) is 59.0 Å². The number of nitrogens with one attached hydrogen (secondary N) is 2. The number of rotatable bonds is 6. The fraction of sp³-hybridized carbons (Fsp3) is 0.200. The molecule has 0 saturated carbocycles. The van der Waals surface area contributed by atoms with Gasteiger partial charge in [0, 0.05) is 17.5 Å². The van der Waals surface area contributed by atoms with Crippen molar-refractivity contribution < 1.29 is 19.1 Å². The lowest BCUT2D eigenvalue weighted by molar-refractivity contribution is -0.117. The highest BCUT2D eigenvalue weighted by Gasteiger charge is 2.21. The second-order valence-electron chi connectivity index (χ2n) is 5.70. The molecule has 2 N–H and O–H groups in total. The van der Waals surface area contributed by atoms with Gasteiger partial charge in [0.15, 0.2) is 11.5 Å². The Kier molecular flexibility index (Phi) is 6.03. The van der Waals surface area contributed by atoms with Crippen molar-refractivity contribution in [1.29, 1.82) is 0 Å². The molecule has 3 rings (SSSR count). The smallest absolute Gasteiger partial charge is 0.262 e. The van der Waals surface area contributed by atoms with Crippen LogP contribution in [0.5, 0.6) is 11.5 Å². The second-order valence-corrected chi connectivity index (χ2v) is 6.78. The van der Waals surface area contributed by atoms with Crippen LogP contribution in [0.2, 0.25) is 0 Å². The van der Waals surface area contributed by atoms with Crippen LogP contribution < -0.4 is 20.1 Å². The number of hydrogen-bond donors (Lipinski definition) is 2. The number of hydrogen-bond acceptors (Lipinski definition) is 5. The normalized spacial score (nSPS) is 14.3. The molecule has 2 aromatic carbocycles. The minimum absolute atomic E-state index is 0.281. The molecule has 1 aliphatic heterocycles. The summed E-state index contributed by atoms with van der Waals surface area (Å²) in [5, 5.41) is 5.57. The van der Waals surface area contributed by atoms with E-state index in [1.807, 2.05) is 49.4 Å². The molecule has 0 fully saturated rings. The molecule has 2 amide bonds. The lowest BCUT2D eigenvalue weighted by Crippen LogP contribution is -2.23. The van der Waals surface area contributed by atoms with E-state index < -0.39 is 0 Å². The van der Waals surface area contributed by atoms with Crippen molar-refractivity contribution in [1.82, 2.24) is 5.32 Å². The van der Waals surface area contributed by atoms with Gasteiger partial charge in [-0.3, -0.25) is 9.59 Å². The van der Waals surface area contributed by atoms with Crippen LogP contribution >= 0.6 is 11.8 Å². The van der Waals surface area contributed by atoms with Crippen molar-refractivity contribution in [3.8, 4) is 11.5 Å². The zero-order valence-electron chi connectivity index (χ0n) is 15.1. The van der Waals surface area contributed by atoms with E-state index in [0.717, 1.165) is 16.1 Å². The average Bonchev–Trinajstić information content (AvgIpc) is 2.68. The number of ether oxygens (including phenoxy) is 2. The topological polar surface area (TPSA) is 76.7 Å². The largest absolute Gasteiger partial charge is 0.493 e. The van der Waals surface area contributed by atoms with Gasteiger partial charge < -0.3 is 20.1 Å². The van der Waals surface area contributed by atoms with E-state index in [1.165, 1.54) is 17.8 Å². The fourth-order valence-corrected chi connectivity index (χ4v) is 3.48. The van der Waals surface area contributed by atoms with Gasteiger partial charge in [-0.1, -0.05) is 30.0 Å². The van der Waals surface area contributed by atoms with E-state index >= 15 is 0 Å². The maximum absolute atomic E-state index is 12.2. The van der Waals surface area contributed by atoms with E-state index in [2.05, 4.69) is 10.6 Å². The van der Waals surface area contributed by atoms with Crippen LogP contribution in [0.25, 0.3) is 0 Å². The van der Waals surface area contributed by atoms with Crippen molar-refractivity contribution >= 4 is 29.3 Å². The van der Waals surface area contributed by atoms with E-state index in [1.54, 1.807) is 7.11 Å². The minimum Gasteiger partial charge on any atom is -0.493 e. The molecule has 7 heteroatoms. The molecule has 27 heavy (non-hydrogen) atoms. The summed E-state index contributed by atoms with van der Waals surface area (Å²) in [7, 11) is 1.57. The molecule has 0 radical (unpaired) electrons. The quantitative estimate of drug-likeness (QED) is 0.747. The Hall–Kier alpha value is -2.93. The summed E-state index contributed by atoms with van der Waals surface area (Å²) in [6.07, 6.45) is 1.32. The molecular weight excluding hydrogens is 364 g/mol. The van der Waals surface area contributed by atoms with E-state index in [0.29, 0.717) is 29.6 Å². The predicted molar refractivity (Wildman–Crippen MR) is 105 cm³/mol. The molecular formula is C20H20N2O4S. The van der Waals surface area contributed by atoms with Gasteiger partial charge in [0.05, 0.1) is 24.3 Å². The first kappa shape index (κ1) is 18.8. The van der Waals surface area contributed by atoms with Crippen molar-refractivity contribution in [2.45, 2.75) is 18.4 Å². The summed E-state index contributed by atoms with van der Waals surface area (Å²) >= 11 is 1.28. The molecule has 0 unspecified atom stereocenters. The van der Waals surface area contributed by atoms with Gasteiger partial charge in [-0.2, -0.15) is 0 Å². The number of thioether (sulfide) groups is 1. The van der Waals surface area contributed by atoms with Crippen molar-refractivity contribution in [2.24, 2.45) is 0 Å². The standard InChI is InChI=1S/C20H20N2O4S/c1-3-26-15-9-8-13(10-16(15)25-2)12-21-19(23)11-18-20(24)22-14-6-4-5-7-17(14)27-18/h4-11H,3,12H2,1-2H3,(H,21,23)(H,22,24). The number of methoxy groups -OCH3 is 1. The molecule has 2 aromatic rings. The second kappa shape index (κ2) is 8.64. The van der Waals surface area contributed by atoms with Crippen molar-refractivity contribution in [2.75, 3.05) is 19.0 Å². The van der Waals surface area contributed by atoms with Crippen LogP contribution in [-0.2, 0) is 16.1 Å². The summed E-state index contributed by atoms with van der Waals surface area (Å²) in [4.78, 5) is 25.6. The molecule has 1 heterocycles. The van der Waals surface area contributed by atoms with Crippen LogP contribution in [-0.4, -0.2) is 25.5 Å². The minimum atomic E-state index is -0.333. The summed E-state index contributed by atoms with van der Waals surface area (Å²) in [5.74, 6) is 0.656. The highest BCUT2D eigenvalue weighted by Crippen LogP contribution is 2.37. The van der Waals surface area contributed by atoms with Gasteiger partial charge in [-0.15, -0.1) is 0 Å². The average molecular weight is 384 g/mol. The maximum atomic E-state index is 12.2. The van der Waals surface area contributed by atoms with Gasteiger partial charge in [0.2, 0.25) is 5.91 Å². The van der Waals surface area contributed by atoms with Gasteiger partial charge >= 0.3 is 0 Å². The monoisotopic (exact) mass is 384 g/mol. The third-order valence-corrected chi connectivity index (χ3v) is 4.93. The number of para-hydroxylation sites is 1. The van der Waals surface area contributed by atoms with Crippen LogP contribution in [0.3, 0.4) is 0 Å². The number of carbonyl (C=O) groups excluding carboxylic acids is 2. The first-order valence-corrected chi connectivity index (χ1v) is 9.30. The third kappa shape index (κ3) is 4.62. The highest BCUT2D eigenvalue weighted by molar-refractivity contribution is 8.04. The van der Waals surface area contributed by atoms with E-state index in [4.69, 9.17) is 9.47 Å². The highest BCUT2D eigenvalue weighted by atomic mass is 32.2. The van der Waals surface area contributed by atoms with Crippen molar-refractivity contribution in [3.63, 3.8) is 0 Å². The van der Waals surface area contributed by atoms with E-state index in [-0.39, 0.29) is 11.8 Å². The van der Waals surface area contributed by atoms with Gasteiger partial charge in [0.25, 0.3) is 5.91 Å². The Morgan fingerprint density at radius 3 is 2.81 bits per heavy atom. The van der Waals surface area contributed by atoms with Crippen LogP contribution in [0.15, 0.2) is 58.3 Å². The molecule has 0 bridgehead atoms. The molecule has 140 valence electrons. The first-order valence-electron chi connectivity index (χ1n) is 8.48. The molecule has 1 aliphatic rings. The molecule has 0 saturated heterocycles. The first-order chi connectivity index (χ1) is 13.1.